The molecule has 0 radical (unpaired) electrons. The molecule has 1 saturated heterocycles. The predicted octanol–water partition coefficient (Wildman–Crippen LogP) is 4.16. The molecule has 3 atom stereocenters. The molecular formula is C27H30N2O5. The molecule has 2 amide bonds. The van der Waals surface area contributed by atoms with E-state index in [1.54, 1.807) is 6.92 Å². The summed E-state index contributed by atoms with van der Waals surface area (Å²) in [6, 6.07) is 16.2. The summed E-state index contributed by atoms with van der Waals surface area (Å²) in [4.78, 5) is 38.9. The molecule has 0 spiro atoms. The van der Waals surface area contributed by atoms with Crippen LogP contribution in [0.1, 0.15) is 56.1 Å². The lowest BCUT2D eigenvalue weighted by atomic mass is 9.97. The second kappa shape index (κ2) is 8.78. The van der Waals surface area contributed by atoms with E-state index in [2.05, 4.69) is 29.6 Å². The summed E-state index contributed by atoms with van der Waals surface area (Å²) in [6.07, 6.45) is 2.52. The van der Waals surface area contributed by atoms with Gasteiger partial charge >= 0.3 is 12.1 Å². The lowest BCUT2D eigenvalue weighted by molar-refractivity contribution is -0.156. The fourth-order valence-electron chi connectivity index (χ4n) is 5.90. The number of carboxylic acid groups (broad SMARTS) is 1. The molecule has 7 heteroatoms. The van der Waals surface area contributed by atoms with Gasteiger partial charge in [-0.05, 0) is 61.3 Å². The number of nitrogens with zero attached hydrogens (tertiary/aromatic N) is 1. The SMILES string of the molecule is C[C@@]1(C(=O)O)CCCN1C(=O)[C@H]1CC[C@@H](NC(=O)OCC2c3ccccc3-c3ccccc32)C1. The number of benzene rings is 2. The number of nitrogens with one attached hydrogen (secondary N) is 1. The van der Waals surface area contributed by atoms with E-state index >= 15 is 0 Å². The molecule has 1 saturated carbocycles. The van der Waals surface area contributed by atoms with Crippen molar-refractivity contribution in [1.29, 1.82) is 0 Å². The Bertz CT molecular complexity index is 1090. The molecule has 178 valence electrons. The van der Waals surface area contributed by atoms with E-state index in [0.717, 1.165) is 11.1 Å². The van der Waals surface area contributed by atoms with Crippen molar-refractivity contribution >= 4 is 18.0 Å². The lowest BCUT2D eigenvalue weighted by Gasteiger charge is -2.33. The van der Waals surface area contributed by atoms with Crippen molar-refractivity contribution < 1.29 is 24.2 Å². The van der Waals surface area contributed by atoms with Crippen LogP contribution in [0.3, 0.4) is 0 Å². The number of amides is 2. The van der Waals surface area contributed by atoms with Crippen LogP contribution in [0.15, 0.2) is 48.5 Å². The molecule has 0 bridgehead atoms. The topological polar surface area (TPSA) is 95.9 Å². The van der Waals surface area contributed by atoms with Gasteiger partial charge in [-0.1, -0.05) is 48.5 Å². The van der Waals surface area contributed by atoms with Gasteiger partial charge < -0.3 is 20.1 Å². The molecular weight excluding hydrogens is 432 g/mol. The van der Waals surface area contributed by atoms with Crippen LogP contribution in [0.2, 0.25) is 0 Å². The Morgan fingerprint density at radius 1 is 1.06 bits per heavy atom. The highest BCUT2D eigenvalue weighted by Gasteiger charge is 2.48. The Labute approximate surface area is 199 Å². The standard InChI is InChI=1S/C27H30N2O5/c1-27(25(31)32)13-6-14-29(27)24(30)17-11-12-18(15-17)28-26(33)34-16-23-21-9-4-2-7-19(21)20-8-3-5-10-22(20)23/h2-5,7-10,17-18,23H,6,11-16H2,1H3,(H,28,33)(H,31,32)/t17-,18+,27-/m0/s1. The number of carbonyl (C=O) groups excluding carboxylic acids is 2. The Morgan fingerprint density at radius 3 is 2.35 bits per heavy atom. The van der Waals surface area contributed by atoms with E-state index in [9.17, 15) is 19.5 Å². The van der Waals surface area contributed by atoms with Crippen LogP contribution in [0.4, 0.5) is 4.79 Å². The van der Waals surface area contributed by atoms with Crippen LogP contribution in [-0.2, 0) is 14.3 Å². The molecule has 2 aromatic rings. The van der Waals surface area contributed by atoms with E-state index in [0.29, 0.717) is 38.6 Å². The van der Waals surface area contributed by atoms with Gasteiger partial charge in [0.1, 0.15) is 12.1 Å². The van der Waals surface area contributed by atoms with Crippen LogP contribution in [0.5, 0.6) is 0 Å². The third kappa shape index (κ3) is 3.83. The zero-order chi connectivity index (χ0) is 23.9. The minimum Gasteiger partial charge on any atom is -0.480 e. The first-order valence-corrected chi connectivity index (χ1v) is 12.0. The maximum atomic E-state index is 13.1. The second-order valence-corrected chi connectivity index (χ2v) is 9.85. The summed E-state index contributed by atoms with van der Waals surface area (Å²) in [5.41, 5.74) is 3.55. The van der Waals surface area contributed by atoms with Gasteiger partial charge in [-0.2, -0.15) is 0 Å². The number of ether oxygens (including phenoxy) is 1. The molecule has 1 heterocycles. The summed E-state index contributed by atoms with van der Waals surface area (Å²) in [5.74, 6) is -1.33. The van der Waals surface area contributed by atoms with E-state index in [1.165, 1.54) is 16.0 Å². The number of carboxylic acids is 1. The Balaban J connectivity index is 1.17. The van der Waals surface area contributed by atoms with Crippen molar-refractivity contribution in [1.82, 2.24) is 10.2 Å². The Kier molecular flexibility index (Phi) is 5.80. The summed E-state index contributed by atoms with van der Waals surface area (Å²) in [6.45, 7) is 2.35. The number of hydrogen-bond acceptors (Lipinski definition) is 4. The maximum absolute atomic E-state index is 13.1. The average molecular weight is 463 g/mol. The van der Waals surface area contributed by atoms with Gasteiger partial charge in [-0.3, -0.25) is 4.79 Å². The summed E-state index contributed by atoms with van der Waals surface area (Å²) >= 11 is 0. The zero-order valence-electron chi connectivity index (χ0n) is 19.3. The quantitative estimate of drug-likeness (QED) is 0.696. The first kappa shape index (κ1) is 22.4. The van der Waals surface area contributed by atoms with Crippen LogP contribution in [-0.4, -0.2) is 52.7 Å². The number of fused-ring (bicyclic) bond motifs is 3. The highest BCUT2D eigenvalue weighted by atomic mass is 16.5. The highest BCUT2D eigenvalue weighted by Crippen LogP contribution is 2.44. The summed E-state index contributed by atoms with van der Waals surface area (Å²) in [7, 11) is 0. The molecule has 1 aliphatic heterocycles. The van der Waals surface area contributed by atoms with Crippen LogP contribution < -0.4 is 5.32 Å². The van der Waals surface area contributed by atoms with E-state index in [1.807, 2.05) is 24.3 Å². The molecule has 34 heavy (non-hydrogen) atoms. The number of hydrogen-bond donors (Lipinski definition) is 2. The minimum atomic E-state index is -1.13. The van der Waals surface area contributed by atoms with E-state index < -0.39 is 17.6 Å². The molecule has 2 N–H and O–H groups in total. The first-order valence-electron chi connectivity index (χ1n) is 12.0. The maximum Gasteiger partial charge on any atom is 0.407 e. The zero-order valence-corrected chi connectivity index (χ0v) is 19.3. The first-order chi connectivity index (χ1) is 16.4. The smallest absolute Gasteiger partial charge is 0.407 e. The van der Waals surface area contributed by atoms with E-state index in [4.69, 9.17) is 4.74 Å². The number of rotatable bonds is 5. The molecule has 2 aliphatic carbocycles. The number of likely N-dealkylation sites (tertiary alicyclic amines) is 1. The molecule has 5 rings (SSSR count). The van der Waals surface area contributed by atoms with Gasteiger partial charge in [-0.25, -0.2) is 9.59 Å². The van der Waals surface area contributed by atoms with Gasteiger partial charge in [0.15, 0.2) is 0 Å². The Hall–Kier alpha value is -3.35. The monoisotopic (exact) mass is 462 g/mol. The highest BCUT2D eigenvalue weighted by molar-refractivity contribution is 5.88. The normalized spacial score (nSPS) is 25.6. The molecule has 2 fully saturated rings. The van der Waals surface area contributed by atoms with Crippen molar-refractivity contribution in [3.63, 3.8) is 0 Å². The van der Waals surface area contributed by atoms with Crippen molar-refractivity contribution in [3.8, 4) is 11.1 Å². The van der Waals surface area contributed by atoms with Crippen molar-refractivity contribution in [3.05, 3.63) is 59.7 Å². The van der Waals surface area contributed by atoms with Gasteiger partial charge in [0.2, 0.25) is 5.91 Å². The molecule has 3 aliphatic rings. The van der Waals surface area contributed by atoms with Crippen molar-refractivity contribution in [2.45, 2.75) is 56.5 Å². The minimum absolute atomic E-state index is 0.0000770. The van der Waals surface area contributed by atoms with Crippen molar-refractivity contribution in [2.75, 3.05) is 13.2 Å². The molecule has 2 aromatic carbocycles. The number of alkyl carbamates (subject to hydrolysis) is 1. The van der Waals surface area contributed by atoms with E-state index in [-0.39, 0.29) is 30.4 Å². The van der Waals surface area contributed by atoms with Crippen LogP contribution in [0.25, 0.3) is 11.1 Å². The largest absolute Gasteiger partial charge is 0.480 e. The summed E-state index contributed by atoms with van der Waals surface area (Å²) in [5, 5.41) is 12.5. The van der Waals surface area contributed by atoms with Gasteiger partial charge in [-0.15, -0.1) is 0 Å². The Morgan fingerprint density at radius 2 is 1.71 bits per heavy atom. The van der Waals surface area contributed by atoms with Gasteiger partial charge in [0.25, 0.3) is 0 Å². The fourth-order valence-corrected chi connectivity index (χ4v) is 5.90. The van der Waals surface area contributed by atoms with Gasteiger partial charge in [0.05, 0.1) is 0 Å². The van der Waals surface area contributed by atoms with Crippen LogP contribution in [0, 0.1) is 5.92 Å². The van der Waals surface area contributed by atoms with Crippen LogP contribution >= 0.6 is 0 Å². The molecule has 0 unspecified atom stereocenters. The predicted molar refractivity (Wildman–Crippen MR) is 126 cm³/mol. The second-order valence-electron chi connectivity index (χ2n) is 9.85. The third-order valence-electron chi connectivity index (χ3n) is 7.82. The third-order valence-corrected chi connectivity index (χ3v) is 7.82. The fraction of sp³-hybridized carbons (Fsp3) is 0.444. The number of aliphatic carboxylic acids is 1. The average Bonchev–Trinajstić information content (AvgIpc) is 3.54. The molecule has 0 aromatic heterocycles. The summed E-state index contributed by atoms with van der Waals surface area (Å²) < 4.78 is 5.64. The van der Waals surface area contributed by atoms with Crippen molar-refractivity contribution in [2.24, 2.45) is 5.92 Å². The molecule has 7 nitrogen and oxygen atoms in total. The van der Waals surface area contributed by atoms with Gasteiger partial charge in [0, 0.05) is 24.4 Å². The number of carbonyl (C=O) groups is 3. The lowest BCUT2D eigenvalue weighted by Crippen LogP contribution is -2.52.